The van der Waals surface area contributed by atoms with E-state index in [0.29, 0.717) is 19.4 Å². The summed E-state index contributed by atoms with van der Waals surface area (Å²) < 4.78 is 31.3. The summed E-state index contributed by atoms with van der Waals surface area (Å²) in [4.78, 5) is 0. The van der Waals surface area contributed by atoms with E-state index in [9.17, 15) is 13.9 Å². The molecule has 0 heterocycles. The monoisotopic (exact) mass is 231 g/mol. The Morgan fingerprint density at radius 3 is 2.62 bits per heavy atom. The van der Waals surface area contributed by atoms with Gasteiger partial charge in [0.15, 0.2) is 23.1 Å². The SMILES string of the molecule is COc1cc(F)c(F)c(CCCCN)c1O. The maximum absolute atomic E-state index is 13.4. The predicted octanol–water partition coefficient (Wildman–Crippen LogP) is 1.96. The molecule has 1 aromatic rings. The molecule has 0 aliphatic rings. The molecule has 0 amide bonds. The quantitative estimate of drug-likeness (QED) is 0.762. The summed E-state index contributed by atoms with van der Waals surface area (Å²) in [6.45, 7) is 0.481. The van der Waals surface area contributed by atoms with Gasteiger partial charge in [0.2, 0.25) is 0 Å². The maximum atomic E-state index is 13.4. The summed E-state index contributed by atoms with van der Waals surface area (Å²) in [5, 5.41) is 9.63. The van der Waals surface area contributed by atoms with Gasteiger partial charge in [0.25, 0.3) is 0 Å². The zero-order valence-corrected chi connectivity index (χ0v) is 9.09. The summed E-state index contributed by atoms with van der Waals surface area (Å²) in [6.07, 6.45) is 1.52. The Bertz CT molecular complexity index is 369. The standard InChI is InChI=1S/C11H15F2NO2/c1-16-9-6-8(12)10(13)7(11(9)15)4-2-3-5-14/h6,15H,2-5,14H2,1H3. The molecule has 0 spiro atoms. The molecule has 0 aliphatic carbocycles. The van der Waals surface area contributed by atoms with Crippen LogP contribution in [-0.2, 0) is 6.42 Å². The van der Waals surface area contributed by atoms with E-state index in [1.54, 1.807) is 0 Å². The topological polar surface area (TPSA) is 55.5 Å². The van der Waals surface area contributed by atoms with Gasteiger partial charge in [0.1, 0.15) is 0 Å². The summed E-state index contributed by atoms with van der Waals surface area (Å²) >= 11 is 0. The van der Waals surface area contributed by atoms with Gasteiger partial charge in [-0.15, -0.1) is 0 Å². The van der Waals surface area contributed by atoms with Crippen LogP contribution in [0.1, 0.15) is 18.4 Å². The first-order chi connectivity index (χ1) is 7.61. The van der Waals surface area contributed by atoms with Gasteiger partial charge in [-0.25, -0.2) is 8.78 Å². The molecule has 0 radical (unpaired) electrons. The van der Waals surface area contributed by atoms with Crippen molar-refractivity contribution in [3.63, 3.8) is 0 Å². The van der Waals surface area contributed by atoms with E-state index in [4.69, 9.17) is 10.5 Å². The van der Waals surface area contributed by atoms with Gasteiger partial charge in [0.05, 0.1) is 7.11 Å². The number of phenolic OH excluding ortho intramolecular Hbond substituents is 1. The van der Waals surface area contributed by atoms with Crippen molar-refractivity contribution in [1.29, 1.82) is 0 Å². The van der Waals surface area contributed by atoms with Crippen molar-refractivity contribution >= 4 is 0 Å². The molecule has 0 saturated heterocycles. The molecule has 0 aromatic heterocycles. The summed E-state index contributed by atoms with van der Waals surface area (Å²) in [7, 11) is 1.29. The van der Waals surface area contributed by atoms with Crippen molar-refractivity contribution in [1.82, 2.24) is 0 Å². The van der Waals surface area contributed by atoms with E-state index in [1.807, 2.05) is 0 Å². The average Bonchev–Trinajstić information content (AvgIpc) is 2.28. The number of benzene rings is 1. The molecular formula is C11H15F2NO2. The number of unbranched alkanes of at least 4 members (excludes halogenated alkanes) is 1. The lowest BCUT2D eigenvalue weighted by Crippen LogP contribution is -2.02. The highest BCUT2D eigenvalue weighted by atomic mass is 19.2. The van der Waals surface area contributed by atoms with Crippen molar-refractivity contribution in [3.05, 3.63) is 23.3 Å². The molecular weight excluding hydrogens is 216 g/mol. The second-order valence-corrected chi connectivity index (χ2v) is 3.45. The lowest BCUT2D eigenvalue weighted by Gasteiger charge is -2.10. The normalized spacial score (nSPS) is 10.5. The number of phenols is 1. The molecule has 3 nitrogen and oxygen atoms in total. The van der Waals surface area contributed by atoms with Crippen molar-refractivity contribution in [2.24, 2.45) is 5.73 Å². The van der Waals surface area contributed by atoms with E-state index in [-0.39, 0.29) is 23.5 Å². The molecule has 1 aromatic carbocycles. The van der Waals surface area contributed by atoms with Crippen LogP contribution >= 0.6 is 0 Å². The highest BCUT2D eigenvalue weighted by Crippen LogP contribution is 2.34. The minimum absolute atomic E-state index is 0.0506. The first kappa shape index (κ1) is 12.7. The molecule has 3 N–H and O–H groups in total. The van der Waals surface area contributed by atoms with Crippen LogP contribution in [0.2, 0.25) is 0 Å². The predicted molar refractivity (Wildman–Crippen MR) is 56.6 cm³/mol. The average molecular weight is 231 g/mol. The Hall–Kier alpha value is -1.36. The fourth-order valence-electron chi connectivity index (χ4n) is 1.47. The molecule has 0 saturated carbocycles. The van der Waals surface area contributed by atoms with Crippen LogP contribution in [0.15, 0.2) is 6.07 Å². The fraction of sp³-hybridized carbons (Fsp3) is 0.455. The second-order valence-electron chi connectivity index (χ2n) is 3.45. The third-order valence-electron chi connectivity index (χ3n) is 2.35. The van der Waals surface area contributed by atoms with Gasteiger partial charge in [-0.3, -0.25) is 0 Å². The van der Waals surface area contributed by atoms with Crippen molar-refractivity contribution in [3.8, 4) is 11.5 Å². The number of methoxy groups -OCH3 is 1. The third-order valence-corrected chi connectivity index (χ3v) is 2.35. The van der Waals surface area contributed by atoms with Gasteiger partial charge in [-0.2, -0.15) is 0 Å². The molecule has 5 heteroatoms. The number of ether oxygens (including phenoxy) is 1. The van der Waals surface area contributed by atoms with E-state index in [2.05, 4.69) is 0 Å². The second kappa shape index (κ2) is 5.65. The molecule has 1 rings (SSSR count). The smallest absolute Gasteiger partial charge is 0.165 e. The van der Waals surface area contributed by atoms with E-state index >= 15 is 0 Å². The summed E-state index contributed by atoms with van der Waals surface area (Å²) in [5.74, 6) is -2.42. The Balaban J connectivity index is 3.00. The first-order valence-corrected chi connectivity index (χ1v) is 5.05. The van der Waals surface area contributed by atoms with Crippen LogP contribution in [0.25, 0.3) is 0 Å². The molecule has 0 atom stereocenters. The van der Waals surface area contributed by atoms with Gasteiger partial charge in [-0.1, -0.05) is 0 Å². The maximum Gasteiger partial charge on any atom is 0.165 e. The van der Waals surface area contributed by atoms with Crippen LogP contribution in [-0.4, -0.2) is 18.8 Å². The molecule has 90 valence electrons. The van der Waals surface area contributed by atoms with Crippen LogP contribution in [0, 0.1) is 11.6 Å². The number of halogens is 2. The Morgan fingerprint density at radius 2 is 2.06 bits per heavy atom. The first-order valence-electron chi connectivity index (χ1n) is 5.05. The van der Waals surface area contributed by atoms with Gasteiger partial charge in [0, 0.05) is 11.6 Å². The van der Waals surface area contributed by atoms with E-state index in [1.165, 1.54) is 7.11 Å². The third kappa shape index (κ3) is 2.61. The fourth-order valence-corrected chi connectivity index (χ4v) is 1.47. The molecule has 0 bridgehead atoms. The number of hydrogen-bond acceptors (Lipinski definition) is 3. The zero-order chi connectivity index (χ0) is 12.1. The van der Waals surface area contributed by atoms with Gasteiger partial charge < -0.3 is 15.6 Å². The number of nitrogens with two attached hydrogens (primary N) is 1. The number of rotatable bonds is 5. The Morgan fingerprint density at radius 1 is 1.38 bits per heavy atom. The van der Waals surface area contributed by atoms with Crippen molar-refractivity contribution in [2.75, 3.05) is 13.7 Å². The molecule has 0 unspecified atom stereocenters. The van der Waals surface area contributed by atoms with Crippen LogP contribution < -0.4 is 10.5 Å². The largest absolute Gasteiger partial charge is 0.504 e. The van der Waals surface area contributed by atoms with Gasteiger partial charge in [-0.05, 0) is 25.8 Å². The molecule has 16 heavy (non-hydrogen) atoms. The van der Waals surface area contributed by atoms with Crippen molar-refractivity contribution in [2.45, 2.75) is 19.3 Å². The Labute approximate surface area is 92.8 Å². The van der Waals surface area contributed by atoms with Crippen LogP contribution in [0.3, 0.4) is 0 Å². The van der Waals surface area contributed by atoms with E-state index in [0.717, 1.165) is 6.07 Å². The van der Waals surface area contributed by atoms with Crippen LogP contribution in [0.4, 0.5) is 8.78 Å². The zero-order valence-electron chi connectivity index (χ0n) is 9.09. The van der Waals surface area contributed by atoms with Crippen LogP contribution in [0.5, 0.6) is 11.5 Å². The van der Waals surface area contributed by atoms with E-state index < -0.39 is 11.6 Å². The summed E-state index contributed by atoms with van der Waals surface area (Å²) in [6, 6.07) is 0.830. The Kier molecular flexibility index (Phi) is 4.49. The minimum Gasteiger partial charge on any atom is -0.504 e. The molecule has 0 aliphatic heterocycles. The highest BCUT2D eigenvalue weighted by molar-refractivity contribution is 5.46. The lowest BCUT2D eigenvalue weighted by molar-refractivity contribution is 0.358. The lowest BCUT2D eigenvalue weighted by atomic mass is 10.1. The summed E-state index contributed by atoms with van der Waals surface area (Å²) in [5.41, 5.74) is 5.25. The number of aromatic hydroxyl groups is 1. The molecule has 0 fully saturated rings. The highest BCUT2D eigenvalue weighted by Gasteiger charge is 2.17. The van der Waals surface area contributed by atoms with Gasteiger partial charge >= 0.3 is 0 Å². The van der Waals surface area contributed by atoms with Crippen molar-refractivity contribution < 1.29 is 18.6 Å². The number of hydrogen-bond donors (Lipinski definition) is 2. The minimum atomic E-state index is -1.02.